The molecule has 2 aromatic heterocycles. The van der Waals surface area contributed by atoms with Crippen molar-refractivity contribution in [1.82, 2.24) is 9.66 Å². The van der Waals surface area contributed by atoms with Crippen LogP contribution < -0.4 is 5.43 Å². The van der Waals surface area contributed by atoms with Gasteiger partial charge < -0.3 is 4.74 Å². The smallest absolute Gasteiger partial charge is 0.306 e. The first kappa shape index (κ1) is 22.4. The second-order valence-electron chi connectivity index (χ2n) is 7.59. The van der Waals surface area contributed by atoms with E-state index in [1.807, 2.05) is 30.3 Å². The van der Waals surface area contributed by atoms with E-state index in [1.165, 1.54) is 0 Å². The summed E-state index contributed by atoms with van der Waals surface area (Å²) in [5.41, 5.74) is 5.90. The number of ether oxygens (including phenoxy) is 1. The molecule has 4 aromatic rings. The fourth-order valence-electron chi connectivity index (χ4n) is 3.50. The van der Waals surface area contributed by atoms with Crippen molar-refractivity contribution >= 4 is 39.2 Å². The summed E-state index contributed by atoms with van der Waals surface area (Å²) in [6.07, 6.45) is 0.617. The SMILES string of the molecule is Cc1cc(C(=O)COC(=O)CCc2nc3ccccc3s2)c(C)n1NC(=O)c1ccccc1. The lowest BCUT2D eigenvalue weighted by Crippen LogP contribution is -2.25. The van der Waals surface area contributed by atoms with Crippen molar-refractivity contribution in [1.29, 1.82) is 0 Å². The second kappa shape index (κ2) is 9.79. The van der Waals surface area contributed by atoms with Crippen molar-refractivity contribution in [3.8, 4) is 0 Å². The van der Waals surface area contributed by atoms with Crippen LogP contribution in [-0.2, 0) is 16.0 Å². The zero-order valence-electron chi connectivity index (χ0n) is 18.3. The minimum Gasteiger partial charge on any atom is -0.457 e. The Balaban J connectivity index is 1.33. The van der Waals surface area contributed by atoms with Crippen molar-refractivity contribution in [2.24, 2.45) is 0 Å². The molecule has 0 aliphatic heterocycles. The molecule has 0 aliphatic carbocycles. The number of hydrogen-bond acceptors (Lipinski definition) is 6. The molecule has 33 heavy (non-hydrogen) atoms. The van der Waals surface area contributed by atoms with Gasteiger partial charge in [-0.2, -0.15) is 0 Å². The molecule has 0 atom stereocenters. The molecule has 0 saturated carbocycles. The quantitative estimate of drug-likeness (QED) is 0.309. The predicted octanol–water partition coefficient (Wildman–Crippen LogP) is 4.46. The molecule has 7 nitrogen and oxygen atoms in total. The molecule has 4 rings (SSSR count). The van der Waals surface area contributed by atoms with Crippen LogP contribution in [0.1, 0.15) is 43.5 Å². The van der Waals surface area contributed by atoms with Gasteiger partial charge in [0.2, 0.25) is 5.78 Å². The van der Waals surface area contributed by atoms with Gasteiger partial charge in [-0.3, -0.25) is 24.5 Å². The van der Waals surface area contributed by atoms with Gasteiger partial charge in [0, 0.05) is 28.9 Å². The highest BCUT2D eigenvalue weighted by Gasteiger charge is 2.19. The maximum atomic E-state index is 12.7. The van der Waals surface area contributed by atoms with E-state index in [0.29, 0.717) is 28.9 Å². The summed E-state index contributed by atoms with van der Waals surface area (Å²) in [6.45, 7) is 3.18. The molecule has 8 heteroatoms. The fraction of sp³-hybridized carbons (Fsp3) is 0.200. The number of aromatic nitrogens is 2. The van der Waals surface area contributed by atoms with Crippen molar-refractivity contribution in [2.75, 3.05) is 12.0 Å². The normalized spacial score (nSPS) is 10.8. The molecule has 0 bridgehead atoms. The van der Waals surface area contributed by atoms with E-state index in [-0.39, 0.29) is 24.7 Å². The topological polar surface area (TPSA) is 90.3 Å². The third-order valence-corrected chi connectivity index (χ3v) is 6.32. The van der Waals surface area contributed by atoms with Crippen molar-refractivity contribution in [3.63, 3.8) is 0 Å². The van der Waals surface area contributed by atoms with Gasteiger partial charge in [-0.25, -0.2) is 4.98 Å². The van der Waals surface area contributed by atoms with E-state index in [1.54, 1.807) is 60.2 Å². The third kappa shape index (κ3) is 5.18. The molecule has 0 radical (unpaired) electrons. The van der Waals surface area contributed by atoms with Crippen LogP contribution in [0.2, 0.25) is 0 Å². The molecule has 0 saturated heterocycles. The Labute approximate surface area is 195 Å². The van der Waals surface area contributed by atoms with Gasteiger partial charge in [-0.1, -0.05) is 30.3 Å². The van der Waals surface area contributed by atoms with Crippen LogP contribution in [0.15, 0.2) is 60.7 Å². The van der Waals surface area contributed by atoms with Crippen molar-refractivity contribution in [2.45, 2.75) is 26.7 Å². The molecule has 1 N–H and O–H groups in total. The molecule has 0 unspecified atom stereocenters. The summed E-state index contributed by atoms with van der Waals surface area (Å²) >= 11 is 1.55. The maximum Gasteiger partial charge on any atom is 0.306 e. The highest BCUT2D eigenvalue weighted by atomic mass is 32.1. The number of thiazole rings is 1. The second-order valence-corrected chi connectivity index (χ2v) is 8.70. The summed E-state index contributed by atoms with van der Waals surface area (Å²) in [4.78, 5) is 41.8. The number of nitrogens with one attached hydrogen (secondary N) is 1. The molecule has 2 aromatic carbocycles. The lowest BCUT2D eigenvalue weighted by atomic mass is 10.1. The number of ketones is 1. The maximum absolute atomic E-state index is 12.7. The van der Waals surface area contributed by atoms with Gasteiger partial charge in [0.15, 0.2) is 6.61 Å². The molecule has 1 amide bonds. The summed E-state index contributed by atoms with van der Waals surface area (Å²) in [5.74, 6) is -1.05. The van der Waals surface area contributed by atoms with Crippen LogP contribution in [0.3, 0.4) is 0 Å². The number of amides is 1. The molecular formula is C25H23N3O4S. The van der Waals surface area contributed by atoms with Gasteiger partial charge in [0.1, 0.15) is 0 Å². The first-order valence-corrected chi connectivity index (χ1v) is 11.3. The number of benzene rings is 2. The van der Waals surface area contributed by atoms with Crippen LogP contribution in [0.4, 0.5) is 0 Å². The van der Waals surface area contributed by atoms with Crippen molar-refractivity contribution < 1.29 is 19.1 Å². The highest BCUT2D eigenvalue weighted by Crippen LogP contribution is 2.22. The zero-order chi connectivity index (χ0) is 23.4. The minimum absolute atomic E-state index is 0.152. The Morgan fingerprint density at radius 3 is 2.52 bits per heavy atom. The largest absolute Gasteiger partial charge is 0.457 e. The minimum atomic E-state index is -0.450. The predicted molar refractivity (Wildman–Crippen MR) is 127 cm³/mol. The van der Waals surface area contributed by atoms with E-state index < -0.39 is 5.97 Å². The number of esters is 1. The average molecular weight is 462 g/mol. The summed E-state index contributed by atoms with van der Waals surface area (Å²) in [5, 5.41) is 0.858. The van der Waals surface area contributed by atoms with Crippen molar-refractivity contribution in [3.05, 3.63) is 88.2 Å². The Bertz CT molecular complexity index is 1290. The Hall–Kier alpha value is -3.78. The van der Waals surface area contributed by atoms with Crippen LogP contribution in [-0.4, -0.2) is 33.9 Å². The standard InChI is InChI=1S/C25H23N3O4S/c1-16-14-19(17(2)28(16)27-25(31)18-8-4-3-5-9-18)21(29)15-32-24(30)13-12-23-26-20-10-6-7-11-22(20)33-23/h3-11,14H,12-13,15H2,1-2H3,(H,27,31). The number of Topliss-reactive ketones (excluding diaryl/α,β-unsaturated/α-hetero) is 1. The molecule has 2 heterocycles. The zero-order valence-corrected chi connectivity index (χ0v) is 19.1. The molecule has 0 fully saturated rings. The number of carbonyl (C=O) groups is 3. The number of hydrogen-bond donors (Lipinski definition) is 1. The number of fused-ring (bicyclic) bond motifs is 1. The number of para-hydroxylation sites is 1. The van der Waals surface area contributed by atoms with Gasteiger partial charge >= 0.3 is 5.97 Å². The molecule has 168 valence electrons. The number of nitrogens with zero attached hydrogens (tertiary/aromatic N) is 2. The van der Waals surface area contributed by atoms with Crippen LogP contribution in [0.25, 0.3) is 10.2 Å². The third-order valence-electron chi connectivity index (χ3n) is 5.23. The van der Waals surface area contributed by atoms with Gasteiger partial charge in [0.25, 0.3) is 5.91 Å². The van der Waals surface area contributed by atoms with Crippen LogP contribution >= 0.6 is 11.3 Å². The monoisotopic (exact) mass is 461 g/mol. The summed E-state index contributed by atoms with van der Waals surface area (Å²) < 4.78 is 7.84. The van der Waals surface area contributed by atoms with E-state index in [4.69, 9.17) is 4.74 Å². The lowest BCUT2D eigenvalue weighted by molar-refractivity contribution is -0.142. The molecular weight excluding hydrogens is 438 g/mol. The Kier molecular flexibility index (Phi) is 6.65. The lowest BCUT2D eigenvalue weighted by Gasteiger charge is -2.11. The van der Waals surface area contributed by atoms with Crippen LogP contribution in [0.5, 0.6) is 0 Å². The van der Waals surface area contributed by atoms with Gasteiger partial charge in [-0.05, 0) is 44.2 Å². The number of rotatable bonds is 8. The van der Waals surface area contributed by atoms with Gasteiger partial charge in [-0.15, -0.1) is 11.3 Å². The van der Waals surface area contributed by atoms with E-state index in [2.05, 4.69) is 10.4 Å². The van der Waals surface area contributed by atoms with E-state index in [0.717, 1.165) is 15.2 Å². The van der Waals surface area contributed by atoms with E-state index in [9.17, 15) is 14.4 Å². The fourth-order valence-corrected chi connectivity index (χ4v) is 4.47. The Morgan fingerprint density at radius 2 is 1.76 bits per heavy atom. The van der Waals surface area contributed by atoms with E-state index >= 15 is 0 Å². The highest BCUT2D eigenvalue weighted by molar-refractivity contribution is 7.18. The molecule has 0 spiro atoms. The Morgan fingerprint density at radius 1 is 1.03 bits per heavy atom. The first-order chi connectivity index (χ1) is 15.9. The number of aryl methyl sites for hydroxylation is 2. The number of carbonyl (C=O) groups excluding carboxylic acids is 3. The van der Waals surface area contributed by atoms with Crippen LogP contribution in [0, 0.1) is 13.8 Å². The summed E-state index contributed by atoms with van der Waals surface area (Å²) in [7, 11) is 0. The summed E-state index contributed by atoms with van der Waals surface area (Å²) in [6, 6.07) is 18.3. The average Bonchev–Trinajstić information content (AvgIpc) is 3.37. The first-order valence-electron chi connectivity index (χ1n) is 10.5. The van der Waals surface area contributed by atoms with Gasteiger partial charge in [0.05, 0.1) is 21.6 Å². The molecule has 0 aliphatic rings.